The van der Waals surface area contributed by atoms with Crippen molar-refractivity contribution in [2.75, 3.05) is 17.2 Å². The molecule has 0 aromatic heterocycles. The summed E-state index contributed by atoms with van der Waals surface area (Å²) >= 11 is 6.03. The maximum absolute atomic E-state index is 12.3. The van der Waals surface area contributed by atoms with Gasteiger partial charge in [0.1, 0.15) is 5.75 Å². The van der Waals surface area contributed by atoms with Gasteiger partial charge in [-0.3, -0.25) is 14.4 Å². The monoisotopic (exact) mass is 372 g/mol. The molecule has 6 nitrogen and oxygen atoms in total. The van der Waals surface area contributed by atoms with Crippen molar-refractivity contribution < 1.29 is 19.1 Å². The van der Waals surface area contributed by atoms with Crippen LogP contribution in [0.2, 0.25) is 5.02 Å². The number of Topliss-reactive ketones (excluding diaryl/α,β-unsaturated/α-hetero) is 1. The lowest BCUT2D eigenvalue weighted by atomic mass is 10.0. The van der Waals surface area contributed by atoms with Crippen LogP contribution in [-0.4, -0.2) is 24.2 Å². The van der Waals surface area contributed by atoms with Crippen LogP contribution < -0.4 is 15.4 Å². The maximum atomic E-state index is 12.3. The Morgan fingerprint density at radius 2 is 2.00 bits per heavy atom. The molecule has 0 fully saturated rings. The van der Waals surface area contributed by atoms with Crippen molar-refractivity contribution in [3.63, 3.8) is 0 Å². The topological polar surface area (TPSA) is 84.5 Å². The minimum absolute atomic E-state index is 0.0382. The molecule has 0 spiro atoms. The molecule has 1 aliphatic rings. The SMILES string of the molecule is Cc1ccc(NC(=O)CCC(=O)c2ccc3c(c2)NC(=O)CO3)cc1Cl. The van der Waals surface area contributed by atoms with E-state index in [0.717, 1.165) is 5.56 Å². The predicted molar refractivity (Wildman–Crippen MR) is 98.9 cm³/mol. The lowest BCUT2D eigenvalue weighted by Crippen LogP contribution is -2.25. The number of ether oxygens (including phenoxy) is 1. The zero-order chi connectivity index (χ0) is 18.7. The van der Waals surface area contributed by atoms with Crippen LogP contribution in [0.4, 0.5) is 11.4 Å². The molecule has 2 aromatic carbocycles. The van der Waals surface area contributed by atoms with E-state index in [9.17, 15) is 14.4 Å². The Morgan fingerprint density at radius 3 is 2.77 bits per heavy atom. The van der Waals surface area contributed by atoms with Crippen LogP contribution in [0.25, 0.3) is 0 Å². The molecule has 2 N–H and O–H groups in total. The van der Waals surface area contributed by atoms with E-state index in [2.05, 4.69) is 10.6 Å². The second-order valence-electron chi connectivity index (χ2n) is 5.98. The second kappa shape index (κ2) is 7.58. The second-order valence-corrected chi connectivity index (χ2v) is 6.39. The third kappa shape index (κ3) is 4.21. The van der Waals surface area contributed by atoms with Gasteiger partial charge in [0.25, 0.3) is 5.91 Å². The number of amides is 2. The number of carbonyl (C=O) groups is 3. The zero-order valence-corrected chi connectivity index (χ0v) is 14.9. The van der Waals surface area contributed by atoms with Crippen molar-refractivity contribution in [3.05, 3.63) is 52.5 Å². The largest absolute Gasteiger partial charge is 0.482 e. The third-order valence-electron chi connectivity index (χ3n) is 3.97. The Balaban J connectivity index is 1.58. The molecule has 0 atom stereocenters. The predicted octanol–water partition coefficient (Wildman–Crippen LogP) is 3.58. The molecule has 0 saturated carbocycles. The number of fused-ring (bicyclic) bond motifs is 1. The van der Waals surface area contributed by atoms with Gasteiger partial charge < -0.3 is 15.4 Å². The first-order valence-corrected chi connectivity index (χ1v) is 8.46. The summed E-state index contributed by atoms with van der Waals surface area (Å²) in [5, 5.41) is 5.94. The van der Waals surface area contributed by atoms with Crippen molar-refractivity contribution in [1.82, 2.24) is 0 Å². The third-order valence-corrected chi connectivity index (χ3v) is 4.38. The fraction of sp³-hybridized carbons (Fsp3) is 0.211. The van der Waals surface area contributed by atoms with E-state index in [0.29, 0.717) is 27.7 Å². The first-order chi connectivity index (χ1) is 12.4. The molecule has 2 amide bonds. The van der Waals surface area contributed by atoms with E-state index in [4.69, 9.17) is 16.3 Å². The van der Waals surface area contributed by atoms with Crippen molar-refractivity contribution in [3.8, 4) is 5.75 Å². The van der Waals surface area contributed by atoms with Crippen LogP contribution in [0.1, 0.15) is 28.8 Å². The summed E-state index contributed by atoms with van der Waals surface area (Å²) in [4.78, 5) is 35.7. The van der Waals surface area contributed by atoms with E-state index in [-0.39, 0.29) is 37.0 Å². The molecule has 26 heavy (non-hydrogen) atoms. The summed E-state index contributed by atoms with van der Waals surface area (Å²) in [6.45, 7) is 1.84. The zero-order valence-electron chi connectivity index (χ0n) is 14.1. The van der Waals surface area contributed by atoms with Crippen LogP contribution in [0, 0.1) is 6.92 Å². The standard InChI is InChI=1S/C19H17ClN2O4/c1-11-2-4-13(9-14(11)20)21-18(24)7-5-16(23)12-3-6-17-15(8-12)22-19(25)10-26-17/h2-4,6,8-9H,5,7,10H2,1H3,(H,21,24)(H,22,25). The van der Waals surface area contributed by atoms with Crippen LogP contribution >= 0.6 is 11.6 Å². The molecule has 1 heterocycles. The highest BCUT2D eigenvalue weighted by molar-refractivity contribution is 6.31. The number of rotatable bonds is 5. The van der Waals surface area contributed by atoms with Crippen LogP contribution in [0.3, 0.4) is 0 Å². The first kappa shape index (κ1) is 17.9. The average Bonchev–Trinajstić information content (AvgIpc) is 2.62. The Labute approximate surface area is 155 Å². The number of benzene rings is 2. The van der Waals surface area contributed by atoms with Crippen molar-refractivity contribution >= 4 is 40.6 Å². The van der Waals surface area contributed by atoms with Gasteiger partial charge in [-0.25, -0.2) is 0 Å². The molecule has 134 valence electrons. The first-order valence-electron chi connectivity index (χ1n) is 8.08. The lowest BCUT2D eigenvalue weighted by molar-refractivity contribution is -0.118. The van der Waals surface area contributed by atoms with Gasteiger partial charge in [0.05, 0.1) is 5.69 Å². The lowest BCUT2D eigenvalue weighted by Gasteiger charge is -2.18. The smallest absolute Gasteiger partial charge is 0.262 e. The molecule has 3 rings (SSSR count). The maximum Gasteiger partial charge on any atom is 0.262 e. The summed E-state index contributed by atoms with van der Waals surface area (Å²) in [6, 6.07) is 10.1. The van der Waals surface area contributed by atoms with Gasteiger partial charge in [0.2, 0.25) is 5.91 Å². The highest BCUT2D eigenvalue weighted by atomic mass is 35.5. The van der Waals surface area contributed by atoms with Crippen molar-refractivity contribution in [2.45, 2.75) is 19.8 Å². The highest BCUT2D eigenvalue weighted by Crippen LogP contribution is 2.29. The minimum Gasteiger partial charge on any atom is -0.482 e. The fourth-order valence-corrected chi connectivity index (χ4v) is 2.70. The summed E-state index contributed by atoms with van der Waals surface area (Å²) in [7, 11) is 0. The van der Waals surface area contributed by atoms with Gasteiger partial charge in [-0.2, -0.15) is 0 Å². The molecule has 0 bridgehead atoms. The molecular formula is C19H17ClN2O4. The number of hydrogen-bond donors (Lipinski definition) is 2. The Hall–Kier alpha value is -2.86. The van der Waals surface area contributed by atoms with Gasteiger partial charge >= 0.3 is 0 Å². The van der Waals surface area contributed by atoms with Crippen molar-refractivity contribution in [2.24, 2.45) is 0 Å². The van der Waals surface area contributed by atoms with Gasteiger partial charge in [-0.05, 0) is 42.8 Å². The van der Waals surface area contributed by atoms with E-state index < -0.39 is 0 Å². The summed E-state index contributed by atoms with van der Waals surface area (Å²) in [5.74, 6) is -0.203. The highest BCUT2D eigenvalue weighted by Gasteiger charge is 2.18. The average molecular weight is 373 g/mol. The molecule has 2 aromatic rings. The normalized spacial score (nSPS) is 12.6. The van der Waals surface area contributed by atoms with Gasteiger partial charge in [-0.1, -0.05) is 17.7 Å². The number of ketones is 1. The quantitative estimate of drug-likeness (QED) is 0.785. The Morgan fingerprint density at radius 1 is 1.19 bits per heavy atom. The van der Waals surface area contributed by atoms with Gasteiger partial charge in [0.15, 0.2) is 12.4 Å². The fourth-order valence-electron chi connectivity index (χ4n) is 2.52. The molecular weight excluding hydrogens is 356 g/mol. The van der Waals surface area contributed by atoms with E-state index in [1.165, 1.54) is 0 Å². The summed E-state index contributed by atoms with van der Waals surface area (Å²) < 4.78 is 5.25. The van der Waals surface area contributed by atoms with Gasteiger partial charge in [-0.15, -0.1) is 0 Å². The minimum atomic E-state index is -0.270. The number of halogens is 1. The molecule has 0 aliphatic carbocycles. The molecule has 0 radical (unpaired) electrons. The number of carbonyl (C=O) groups excluding carboxylic acids is 3. The van der Waals surface area contributed by atoms with Crippen LogP contribution in [0.15, 0.2) is 36.4 Å². The number of nitrogens with one attached hydrogen (secondary N) is 2. The summed E-state index contributed by atoms with van der Waals surface area (Å²) in [6.07, 6.45) is 0.100. The van der Waals surface area contributed by atoms with Crippen molar-refractivity contribution in [1.29, 1.82) is 0 Å². The molecule has 1 aliphatic heterocycles. The number of anilines is 2. The number of aryl methyl sites for hydroxylation is 1. The molecule has 0 unspecified atom stereocenters. The van der Waals surface area contributed by atoms with Crippen LogP contribution in [0.5, 0.6) is 5.75 Å². The number of hydrogen-bond acceptors (Lipinski definition) is 4. The van der Waals surface area contributed by atoms with Crippen LogP contribution in [-0.2, 0) is 9.59 Å². The molecule has 7 heteroatoms. The van der Waals surface area contributed by atoms with E-state index in [1.54, 1.807) is 30.3 Å². The van der Waals surface area contributed by atoms with E-state index in [1.807, 2.05) is 13.0 Å². The molecule has 0 saturated heterocycles. The summed E-state index contributed by atoms with van der Waals surface area (Å²) in [5.41, 5.74) is 2.39. The van der Waals surface area contributed by atoms with Gasteiger partial charge in [0, 0.05) is 29.1 Å². The van der Waals surface area contributed by atoms with E-state index >= 15 is 0 Å². The Kier molecular flexibility index (Phi) is 5.23. The Bertz CT molecular complexity index is 895.